The summed E-state index contributed by atoms with van der Waals surface area (Å²) in [5, 5.41) is 8.22. The lowest BCUT2D eigenvalue weighted by molar-refractivity contribution is 0.318. The van der Waals surface area contributed by atoms with Gasteiger partial charge in [-0.2, -0.15) is 4.98 Å². The fraction of sp³-hybridized carbons (Fsp3) is 0.545. The van der Waals surface area contributed by atoms with Gasteiger partial charge in [-0.05, 0) is 25.7 Å². The molecule has 2 aromatic heterocycles. The minimum Gasteiger partial charge on any atom is -0.369 e. The maximum Gasteiger partial charge on any atom is 0.204 e. The van der Waals surface area contributed by atoms with Crippen LogP contribution in [0.4, 0.5) is 5.95 Å². The monoisotopic (exact) mass is 319 g/mol. The fourth-order valence-corrected chi connectivity index (χ4v) is 2.67. The average Bonchev–Trinajstić information content (AvgIpc) is 2.80. The number of fused-ring (bicyclic) bond motifs is 1. The first-order chi connectivity index (χ1) is 8.66. The molecule has 0 amide bonds. The number of hydrogen-bond acceptors (Lipinski definition) is 5. The summed E-state index contributed by atoms with van der Waals surface area (Å²) < 4.78 is 1.80. The van der Waals surface area contributed by atoms with Crippen molar-refractivity contribution in [2.45, 2.75) is 37.8 Å². The Bertz CT molecular complexity index is 627. The lowest BCUT2D eigenvalue weighted by Gasteiger charge is -2.28. The molecule has 20 heavy (non-hydrogen) atoms. The number of aromatic amines is 1. The summed E-state index contributed by atoms with van der Waals surface area (Å²) in [6.45, 7) is 0. The second kappa shape index (κ2) is 6.43. The molecule has 1 saturated carbocycles. The van der Waals surface area contributed by atoms with Crippen molar-refractivity contribution in [2.75, 3.05) is 5.73 Å². The number of nitrogens with one attached hydrogen (secondary N) is 2. The first kappa shape index (κ1) is 16.7. The summed E-state index contributed by atoms with van der Waals surface area (Å²) in [6, 6.07) is 0.499. The quantitative estimate of drug-likeness (QED) is 0.628. The van der Waals surface area contributed by atoms with E-state index < -0.39 is 0 Å². The molecule has 1 aliphatic carbocycles. The molecule has 6 N–H and O–H groups in total. The zero-order chi connectivity index (χ0) is 12.7. The van der Waals surface area contributed by atoms with Gasteiger partial charge in [0.05, 0.1) is 6.33 Å². The molecular weight excluding hydrogens is 301 g/mol. The number of anilines is 1. The Balaban J connectivity index is 0.000001000. The largest absolute Gasteiger partial charge is 0.369 e. The van der Waals surface area contributed by atoms with E-state index in [1.807, 2.05) is 0 Å². The standard InChI is InChI=1S/C11H17N7.2ClH/c12-6-1-3-7(4-2-6)18-9(13)8-10(16-5-15-8)17-11(18)14;;/h5-7,13H,1-4,12H2,(H2,14,17)(H,15,16);2*1H. The normalized spacial score (nSPS) is 22.1. The minimum atomic E-state index is 0. The predicted molar refractivity (Wildman–Crippen MR) is 82.1 cm³/mol. The maximum atomic E-state index is 8.22. The maximum absolute atomic E-state index is 8.22. The van der Waals surface area contributed by atoms with Crippen LogP contribution in [0.3, 0.4) is 0 Å². The summed E-state index contributed by atoms with van der Waals surface area (Å²) in [5.41, 5.74) is 13.4. The molecule has 1 fully saturated rings. The van der Waals surface area contributed by atoms with Crippen LogP contribution in [-0.4, -0.2) is 25.6 Å². The minimum absolute atomic E-state index is 0. The van der Waals surface area contributed by atoms with Crippen molar-refractivity contribution in [2.24, 2.45) is 5.73 Å². The zero-order valence-electron chi connectivity index (χ0n) is 10.9. The van der Waals surface area contributed by atoms with Gasteiger partial charge in [-0.15, -0.1) is 24.8 Å². The van der Waals surface area contributed by atoms with Gasteiger partial charge in [-0.3, -0.25) is 9.98 Å². The summed E-state index contributed by atoms with van der Waals surface area (Å²) in [7, 11) is 0. The molecule has 7 nitrogen and oxygen atoms in total. The lowest BCUT2D eigenvalue weighted by Crippen LogP contribution is -2.34. The van der Waals surface area contributed by atoms with Gasteiger partial charge >= 0.3 is 0 Å². The molecule has 1 aliphatic rings. The zero-order valence-corrected chi connectivity index (χ0v) is 12.5. The van der Waals surface area contributed by atoms with E-state index in [1.54, 1.807) is 4.57 Å². The van der Waals surface area contributed by atoms with Crippen LogP contribution in [0.25, 0.3) is 11.2 Å². The second-order valence-electron chi connectivity index (χ2n) is 4.86. The van der Waals surface area contributed by atoms with Gasteiger partial charge in [0.25, 0.3) is 0 Å². The van der Waals surface area contributed by atoms with E-state index in [9.17, 15) is 0 Å². The molecule has 0 spiro atoms. The number of aromatic nitrogens is 4. The van der Waals surface area contributed by atoms with Crippen molar-refractivity contribution in [1.29, 1.82) is 5.41 Å². The summed E-state index contributed by atoms with van der Waals surface area (Å²) in [6.07, 6.45) is 5.37. The van der Waals surface area contributed by atoms with Gasteiger partial charge in [0.15, 0.2) is 11.1 Å². The first-order valence-electron chi connectivity index (χ1n) is 6.18. The first-order valence-corrected chi connectivity index (χ1v) is 6.18. The molecule has 2 aromatic rings. The molecule has 0 saturated heterocycles. The average molecular weight is 320 g/mol. The number of rotatable bonds is 1. The van der Waals surface area contributed by atoms with Crippen LogP contribution in [0.15, 0.2) is 6.33 Å². The van der Waals surface area contributed by atoms with Crippen LogP contribution >= 0.6 is 24.8 Å². The Hall–Kier alpha value is -1.31. The molecule has 0 radical (unpaired) electrons. The van der Waals surface area contributed by atoms with Crippen LogP contribution < -0.4 is 17.0 Å². The third kappa shape index (κ3) is 2.74. The smallest absolute Gasteiger partial charge is 0.204 e. The van der Waals surface area contributed by atoms with Gasteiger partial charge in [-0.25, -0.2) is 4.98 Å². The highest BCUT2D eigenvalue weighted by molar-refractivity contribution is 5.85. The van der Waals surface area contributed by atoms with Crippen molar-refractivity contribution in [3.63, 3.8) is 0 Å². The summed E-state index contributed by atoms with van der Waals surface area (Å²) in [4.78, 5) is 11.2. The van der Waals surface area contributed by atoms with E-state index >= 15 is 0 Å². The Morgan fingerprint density at radius 2 is 1.90 bits per heavy atom. The fourth-order valence-electron chi connectivity index (χ4n) is 2.67. The van der Waals surface area contributed by atoms with E-state index in [2.05, 4.69) is 15.0 Å². The topological polar surface area (TPSA) is 122 Å². The van der Waals surface area contributed by atoms with Gasteiger partial charge in [0.1, 0.15) is 5.52 Å². The SMILES string of the molecule is Cl.Cl.N=c1c2[nH]cnc2nc(N)n1C1CCC(N)CC1. The third-order valence-corrected chi connectivity index (χ3v) is 3.67. The molecule has 0 bridgehead atoms. The molecule has 0 aromatic carbocycles. The van der Waals surface area contributed by atoms with Gasteiger partial charge in [-0.1, -0.05) is 0 Å². The van der Waals surface area contributed by atoms with E-state index in [0.29, 0.717) is 22.6 Å². The lowest BCUT2D eigenvalue weighted by atomic mass is 9.91. The number of hydrogen-bond donors (Lipinski definition) is 4. The van der Waals surface area contributed by atoms with Crippen molar-refractivity contribution >= 4 is 41.9 Å². The van der Waals surface area contributed by atoms with Crippen molar-refractivity contribution in [3.05, 3.63) is 11.8 Å². The molecule has 3 rings (SSSR count). The number of imidazole rings is 1. The van der Waals surface area contributed by atoms with Crippen LogP contribution in [0, 0.1) is 5.41 Å². The Kier molecular flexibility index (Phi) is 5.38. The number of nitrogen functional groups attached to an aromatic ring is 1. The Morgan fingerprint density at radius 1 is 1.25 bits per heavy atom. The Morgan fingerprint density at radius 3 is 2.55 bits per heavy atom. The van der Waals surface area contributed by atoms with Crippen LogP contribution in [0.2, 0.25) is 0 Å². The third-order valence-electron chi connectivity index (χ3n) is 3.67. The predicted octanol–water partition coefficient (Wildman–Crippen LogP) is 1.11. The summed E-state index contributed by atoms with van der Waals surface area (Å²) in [5.74, 6) is 0.361. The Labute approximate surface area is 128 Å². The molecule has 0 atom stereocenters. The number of H-pyrrole nitrogens is 1. The second-order valence-corrected chi connectivity index (χ2v) is 4.86. The van der Waals surface area contributed by atoms with Crippen molar-refractivity contribution in [1.82, 2.24) is 19.5 Å². The van der Waals surface area contributed by atoms with Crippen molar-refractivity contribution < 1.29 is 0 Å². The van der Waals surface area contributed by atoms with E-state index in [0.717, 1.165) is 25.7 Å². The molecule has 9 heteroatoms. The van der Waals surface area contributed by atoms with E-state index in [4.69, 9.17) is 16.9 Å². The van der Waals surface area contributed by atoms with E-state index in [-0.39, 0.29) is 36.9 Å². The molecule has 0 aliphatic heterocycles. The van der Waals surface area contributed by atoms with Gasteiger partial charge in [0, 0.05) is 12.1 Å². The number of halogens is 2. The highest BCUT2D eigenvalue weighted by Gasteiger charge is 2.22. The molecule has 2 heterocycles. The van der Waals surface area contributed by atoms with Crippen LogP contribution in [-0.2, 0) is 0 Å². The van der Waals surface area contributed by atoms with Crippen LogP contribution in [0.5, 0.6) is 0 Å². The van der Waals surface area contributed by atoms with Gasteiger partial charge in [0.2, 0.25) is 5.95 Å². The number of nitrogens with two attached hydrogens (primary N) is 2. The van der Waals surface area contributed by atoms with Crippen molar-refractivity contribution in [3.8, 4) is 0 Å². The number of nitrogens with zero attached hydrogens (tertiary/aromatic N) is 3. The highest BCUT2D eigenvalue weighted by Crippen LogP contribution is 2.28. The molecule has 112 valence electrons. The molecule has 0 unspecified atom stereocenters. The van der Waals surface area contributed by atoms with E-state index in [1.165, 1.54) is 6.33 Å². The van der Waals surface area contributed by atoms with Crippen LogP contribution in [0.1, 0.15) is 31.7 Å². The van der Waals surface area contributed by atoms with Gasteiger partial charge < -0.3 is 16.5 Å². The molecular formula is C11H19Cl2N7. The summed E-state index contributed by atoms with van der Waals surface area (Å²) >= 11 is 0. The highest BCUT2D eigenvalue weighted by atomic mass is 35.5.